The minimum absolute atomic E-state index is 0.306. The minimum atomic E-state index is 0.306. The summed E-state index contributed by atoms with van der Waals surface area (Å²) in [7, 11) is 0. The van der Waals surface area contributed by atoms with Crippen molar-refractivity contribution >= 4 is 0 Å². The van der Waals surface area contributed by atoms with Gasteiger partial charge in [0, 0.05) is 37.6 Å². The third kappa shape index (κ3) is 2.24. The van der Waals surface area contributed by atoms with Gasteiger partial charge < -0.3 is 15.0 Å². The number of nitrogens with one attached hydrogen (secondary N) is 1. The van der Waals surface area contributed by atoms with Crippen molar-refractivity contribution in [1.29, 1.82) is 0 Å². The molecule has 2 aliphatic heterocycles. The van der Waals surface area contributed by atoms with Gasteiger partial charge in [-0.3, -0.25) is 0 Å². The highest BCUT2D eigenvalue weighted by Crippen LogP contribution is 2.27. The molecule has 3 heterocycles. The second kappa shape index (κ2) is 4.78. The molecule has 0 radical (unpaired) electrons. The summed E-state index contributed by atoms with van der Waals surface area (Å²) < 4.78 is 2.27. The molecule has 94 valence electrons. The summed E-state index contributed by atoms with van der Waals surface area (Å²) in [6.45, 7) is 3.49. The molecule has 0 aromatic carbocycles. The molecule has 3 rings (SSSR count). The summed E-state index contributed by atoms with van der Waals surface area (Å²) in [6.07, 6.45) is 6.75. The molecule has 1 fully saturated rings. The number of aliphatic hydroxyl groups is 1. The first kappa shape index (κ1) is 11.2. The van der Waals surface area contributed by atoms with Crippen LogP contribution in [0.3, 0.4) is 0 Å². The first-order valence-electron chi connectivity index (χ1n) is 6.74. The van der Waals surface area contributed by atoms with Crippen molar-refractivity contribution < 1.29 is 5.11 Å². The van der Waals surface area contributed by atoms with Gasteiger partial charge in [0.2, 0.25) is 0 Å². The van der Waals surface area contributed by atoms with Gasteiger partial charge in [0.05, 0.1) is 5.69 Å². The molecule has 4 nitrogen and oxygen atoms in total. The molecule has 4 heteroatoms. The van der Waals surface area contributed by atoms with Crippen LogP contribution in [-0.2, 0) is 13.0 Å². The van der Waals surface area contributed by atoms with E-state index in [1.807, 2.05) is 0 Å². The second-order valence-corrected chi connectivity index (χ2v) is 5.35. The van der Waals surface area contributed by atoms with Gasteiger partial charge in [0.1, 0.15) is 5.82 Å². The van der Waals surface area contributed by atoms with E-state index in [1.165, 1.54) is 24.4 Å². The number of aryl methyl sites for hydroxylation is 1. The molecule has 0 bridgehead atoms. The molecule has 1 unspecified atom stereocenters. The van der Waals surface area contributed by atoms with Crippen molar-refractivity contribution in [2.75, 3.05) is 19.7 Å². The molecular weight excluding hydrogens is 214 g/mol. The zero-order valence-corrected chi connectivity index (χ0v) is 10.2. The first-order chi connectivity index (χ1) is 8.36. The van der Waals surface area contributed by atoms with E-state index < -0.39 is 0 Å². The van der Waals surface area contributed by atoms with E-state index in [0.717, 1.165) is 32.5 Å². The predicted octanol–water partition coefficient (Wildman–Crippen LogP) is 0.905. The number of aliphatic hydroxyl groups excluding tert-OH is 1. The SMILES string of the molecule is OCC1CCc2nc(C3CCNCC3)cn2C1. The van der Waals surface area contributed by atoms with E-state index in [0.29, 0.717) is 18.4 Å². The summed E-state index contributed by atoms with van der Waals surface area (Å²) in [5.41, 5.74) is 1.28. The van der Waals surface area contributed by atoms with Crippen LogP contribution in [0.15, 0.2) is 6.20 Å². The average Bonchev–Trinajstić information content (AvgIpc) is 2.82. The Labute approximate surface area is 102 Å². The van der Waals surface area contributed by atoms with E-state index in [9.17, 15) is 5.11 Å². The summed E-state index contributed by atoms with van der Waals surface area (Å²) in [5.74, 6) is 2.29. The van der Waals surface area contributed by atoms with Gasteiger partial charge in [-0.2, -0.15) is 0 Å². The quantitative estimate of drug-likeness (QED) is 0.801. The maximum Gasteiger partial charge on any atom is 0.108 e. The lowest BCUT2D eigenvalue weighted by Gasteiger charge is -2.21. The highest BCUT2D eigenvalue weighted by atomic mass is 16.3. The zero-order valence-electron chi connectivity index (χ0n) is 10.2. The minimum Gasteiger partial charge on any atom is -0.396 e. The number of hydrogen-bond donors (Lipinski definition) is 2. The first-order valence-corrected chi connectivity index (χ1v) is 6.74. The number of fused-ring (bicyclic) bond motifs is 1. The van der Waals surface area contributed by atoms with Crippen molar-refractivity contribution in [1.82, 2.24) is 14.9 Å². The highest BCUT2D eigenvalue weighted by molar-refractivity contribution is 5.12. The van der Waals surface area contributed by atoms with Crippen LogP contribution in [-0.4, -0.2) is 34.4 Å². The summed E-state index contributed by atoms with van der Waals surface area (Å²) in [6, 6.07) is 0. The van der Waals surface area contributed by atoms with Crippen LogP contribution >= 0.6 is 0 Å². The van der Waals surface area contributed by atoms with Gasteiger partial charge in [-0.1, -0.05) is 0 Å². The number of hydrogen-bond acceptors (Lipinski definition) is 3. The summed E-state index contributed by atoms with van der Waals surface area (Å²) >= 11 is 0. The van der Waals surface area contributed by atoms with Crippen molar-refractivity contribution in [3.05, 3.63) is 17.7 Å². The van der Waals surface area contributed by atoms with Gasteiger partial charge in [0.25, 0.3) is 0 Å². The fourth-order valence-electron chi connectivity index (χ4n) is 3.00. The van der Waals surface area contributed by atoms with Crippen LogP contribution in [0, 0.1) is 5.92 Å². The smallest absolute Gasteiger partial charge is 0.108 e. The normalized spacial score (nSPS) is 25.8. The summed E-state index contributed by atoms with van der Waals surface area (Å²) in [5, 5.41) is 12.6. The maximum absolute atomic E-state index is 9.23. The van der Waals surface area contributed by atoms with E-state index in [4.69, 9.17) is 4.98 Å². The molecule has 0 spiro atoms. The molecule has 0 amide bonds. The number of imidazole rings is 1. The molecule has 0 aliphatic carbocycles. The lowest BCUT2D eigenvalue weighted by molar-refractivity contribution is 0.190. The topological polar surface area (TPSA) is 50.1 Å². The van der Waals surface area contributed by atoms with Crippen LogP contribution in [0.2, 0.25) is 0 Å². The monoisotopic (exact) mass is 235 g/mol. The molecule has 1 atom stereocenters. The number of aromatic nitrogens is 2. The molecule has 0 saturated carbocycles. The van der Waals surface area contributed by atoms with Crippen LogP contribution in [0.5, 0.6) is 0 Å². The lowest BCUT2D eigenvalue weighted by Crippen LogP contribution is -2.26. The Balaban J connectivity index is 1.77. The molecule has 2 N–H and O–H groups in total. The molecule has 1 aromatic rings. The van der Waals surface area contributed by atoms with Crippen LogP contribution in [0.4, 0.5) is 0 Å². The van der Waals surface area contributed by atoms with Crippen molar-refractivity contribution in [2.45, 2.75) is 38.1 Å². The fourth-order valence-corrected chi connectivity index (χ4v) is 3.00. The standard InChI is InChI=1S/C13H21N3O/c17-9-10-1-2-13-15-12(8-16(13)7-10)11-3-5-14-6-4-11/h8,10-11,14,17H,1-7,9H2. The Morgan fingerprint density at radius 3 is 2.94 bits per heavy atom. The van der Waals surface area contributed by atoms with Crippen LogP contribution in [0.1, 0.15) is 36.7 Å². The molecule has 1 aromatic heterocycles. The lowest BCUT2D eigenvalue weighted by atomic mass is 9.95. The van der Waals surface area contributed by atoms with E-state index in [1.54, 1.807) is 0 Å². The van der Waals surface area contributed by atoms with E-state index >= 15 is 0 Å². The Kier molecular flexibility index (Phi) is 3.16. The Morgan fingerprint density at radius 2 is 2.18 bits per heavy atom. The Hall–Kier alpha value is -0.870. The third-order valence-electron chi connectivity index (χ3n) is 4.12. The molecule has 1 saturated heterocycles. The van der Waals surface area contributed by atoms with Gasteiger partial charge in [-0.15, -0.1) is 0 Å². The van der Waals surface area contributed by atoms with Gasteiger partial charge in [0.15, 0.2) is 0 Å². The largest absolute Gasteiger partial charge is 0.396 e. The number of rotatable bonds is 2. The van der Waals surface area contributed by atoms with Crippen molar-refractivity contribution in [2.24, 2.45) is 5.92 Å². The fraction of sp³-hybridized carbons (Fsp3) is 0.769. The van der Waals surface area contributed by atoms with Gasteiger partial charge >= 0.3 is 0 Å². The zero-order chi connectivity index (χ0) is 11.7. The third-order valence-corrected chi connectivity index (χ3v) is 4.12. The van der Waals surface area contributed by atoms with Crippen molar-refractivity contribution in [3.63, 3.8) is 0 Å². The van der Waals surface area contributed by atoms with Crippen LogP contribution < -0.4 is 5.32 Å². The predicted molar refractivity (Wildman–Crippen MR) is 66.0 cm³/mol. The Bertz CT molecular complexity index is 382. The molecule has 17 heavy (non-hydrogen) atoms. The number of nitrogens with zero attached hydrogens (tertiary/aromatic N) is 2. The van der Waals surface area contributed by atoms with Gasteiger partial charge in [-0.25, -0.2) is 4.98 Å². The maximum atomic E-state index is 9.23. The van der Waals surface area contributed by atoms with Crippen LogP contribution in [0.25, 0.3) is 0 Å². The Morgan fingerprint density at radius 1 is 1.35 bits per heavy atom. The highest BCUT2D eigenvalue weighted by Gasteiger charge is 2.23. The van der Waals surface area contributed by atoms with Crippen molar-refractivity contribution in [3.8, 4) is 0 Å². The van der Waals surface area contributed by atoms with E-state index in [2.05, 4.69) is 16.1 Å². The second-order valence-electron chi connectivity index (χ2n) is 5.35. The number of piperidine rings is 1. The summed E-state index contributed by atoms with van der Waals surface area (Å²) in [4.78, 5) is 4.80. The average molecular weight is 235 g/mol. The molecule has 2 aliphatic rings. The van der Waals surface area contributed by atoms with Gasteiger partial charge in [-0.05, 0) is 32.4 Å². The molecular formula is C13H21N3O. The van der Waals surface area contributed by atoms with E-state index in [-0.39, 0.29) is 0 Å².